The Hall–Kier alpha value is -1.45. The Kier molecular flexibility index (Phi) is 4.28. The summed E-state index contributed by atoms with van der Waals surface area (Å²) in [7, 11) is 1.67. The van der Waals surface area contributed by atoms with Gasteiger partial charge in [0.15, 0.2) is 0 Å². The van der Waals surface area contributed by atoms with E-state index in [0.29, 0.717) is 0 Å². The molecule has 0 spiro atoms. The average Bonchev–Trinajstić information content (AvgIpc) is 2.39. The van der Waals surface area contributed by atoms with Crippen LogP contribution in [0.15, 0.2) is 52.3 Å². The van der Waals surface area contributed by atoms with Crippen LogP contribution in [0.2, 0.25) is 0 Å². The summed E-state index contributed by atoms with van der Waals surface area (Å²) >= 11 is 1.69. The molecule has 0 aliphatic carbocycles. The molecule has 94 valence electrons. The Morgan fingerprint density at radius 2 is 1.89 bits per heavy atom. The molecule has 1 N–H and O–H groups in total. The third-order valence-electron chi connectivity index (χ3n) is 2.76. The summed E-state index contributed by atoms with van der Waals surface area (Å²) in [5.74, 6) is 0.865. The second-order valence-corrected chi connectivity index (χ2v) is 5.17. The van der Waals surface area contributed by atoms with Crippen LogP contribution in [0.4, 0.5) is 0 Å². The van der Waals surface area contributed by atoms with Crippen LogP contribution in [-0.2, 0) is 6.61 Å². The van der Waals surface area contributed by atoms with E-state index in [0.717, 1.165) is 26.7 Å². The average molecular weight is 260 g/mol. The van der Waals surface area contributed by atoms with E-state index in [1.165, 1.54) is 0 Å². The standard InChI is InChI=1S/C15H16O2S/c1-11-8-15(7-6-12(11)10-16)18-14-5-3-4-13(9-14)17-2/h3-9,16H,10H2,1-2H3. The first-order valence-electron chi connectivity index (χ1n) is 5.75. The van der Waals surface area contributed by atoms with Crippen LogP contribution in [0.5, 0.6) is 5.75 Å². The molecule has 0 atom stereocenters. The Morgan fingerprint density at radius 1 is 1.11 bits per heavy atom. The van der Waals surface area contributed by atoms with Gasteiger partial charge in [0.05, 0.1) is 13.7 Å². The largest absolute Gasteiger partial charge is 0.497 e. The van der Waals surface area contributed by atoms with Gasteiger partial charge in [0.2, 0.25) is 0 Å². The van der Waals surface area contributed by atoms with Crippen molar-refractivity contribution in [2.45, 2.75) is 23.3 Å². The Labute approximate surface area is 112 Å². The van der Waals surface area contributed by atoms with Crippen LogP contribution in [0, 0.1) is 6.92 Å². The normalized spacial score (nSPS) is 10.4. The third-order valence-corrected chi connectivity index (χ3v) is 3.74. The molecule has 0 aliphatic rings. The van der Waals surface area contributed by atoms with Gasteiger partial charge in [0, 0.05) is 9.79 Å². The number of benzene rings is 2. The summed E-state index contributed by atoms with van der Waals surface area (Å²) in [5, 5.41) is 9.14. The maximum Gasteiger partial charge on any atom is 0.119 e. The summed E-state index contributed by atoms with van der Waals surface area (Å²) < 4.78 is 5.21. The summed E-state index contributed by atoms with van der Waals surface area (Å²) in [6, 6.07) is 14.1. The molecule has 3 heteroatoms. The molecular weight excluding hydrogens is 244 g/mol. The van der Waals surface area contributed by atoms with Gasteiger partial charge in [-0.3, -0.25) is 0 Å². The lowest BCUT2D eigenvalue weighted by Gasteiger charge is -2.07. The van der Waals surface area contributed by atoms with Gasteiger partial charge in [0.1, 0.15) is 5.75 Å². The van der Waals surface area contributed by atoms with Gasteiger partial charge in [-0.25, -0.2) is 0 Å². The summed E-state index contributed by atoms with van der Waals surface area (Å²) in [6.45, 7) is 2.11. The molecular formula is C15H16O2S. The maximum absolute atomic E-state index is 9.14. The lowest BCUT2D eigenvalue weighted by atomic mass is 10.1. The molecule has 0 amide bonds. The van der Waals surface area contributed by atoms with Gasteiger partial charge in [0.25, 0.3) is 0 Å². The van der Waals surface area contributed by atoms with Crippen molar-refractivity contribution >= 4 is 11.8 Å². The van der Waals surface area contributed by atoms with E-state index in [4.69, 9.17) is 9.84 Å². The van der Waals surface area contributed by atoms with Crippen LogP contribution in [0.1, 0.15) is 11.1 Å². The minimum absolute atomic E-state index is 0.0932. The summed E-state index contributed by atoms with van der Waals surface area (Å²) in [5.41, 5.74) is 2.09. The lowest BCUT2D eigenvalue weighted by Crippen LogP contribution is -1.88. The van der Waals surface area contributed by atoms with Gasteiger partial charge in [-0.05, 0) is 48.4 Å². The van der Waals surface area contributed by atoms with Gasteiger partial charge >= 0.3 is 0 Å². The molecule has 0 fully saturated rings. The molecule has 0 heterocycles. The smallest absolute Gasteiger partial charge is 0.119 e. The maximum atomic E-state index is 9.14. The fourth-order valence-electron chi connectivity index (χ4n) is 1.71. The van der Waals surface area contributed by atoms with Crippen LogP contribution >= 0.6 is 11.8 Å². The SMILES string of the molecule is COc1cccc(Sc2ccc(CO)c(C)c2)c1. The van der Waals surface area contributed by atoms with Crippen molar-refractivity contribution in [1.82, 2.24) is 0 Å². The van der Waals surface area contributed by atoms with E-state index in [1.807, 2.05) is 37.3 Å². The first kappa shape index (κ1) is 13.0. The van der Waals surface area contributed by atoms with Gasteiger partial charge in [-0.2, -0.15) is 0 Å². The van der Waals surface area contributed by atoms with Crippen molar-refractivity contribution in [3.63, 3.8) is 0 Å². The predicted octanol–water partition coefficient (Wildman–Crippen LogP) is 3.65. The van der Waals surface area contributed by atoms with E-state index in [9.17, 15) is 0 Å². The summed E-state index contributed by atoms with van der Waals surface area (Å²) in [6.07, 6.45) is 0. The molecule has 2 aromatic carbocycles. The highest BCUT2D eigenvalue weighted by Crippen LogP contribution is 2.31. The molecule has 0 bridgehead atoms. The zero-order valence-corrected chi connectivity index (χ0v) is 11.3. The molecule has 0 aliphatic heterocycles. The fourth-order valence-corrected chi connectivity index (χ4v) is 2.68. The number of ether oxygens (including phenoxy) is 1. The second kappa shape index (κ2) is 5.94. The Balaban J connectivity index is 2.20. The molecule has 0 radical (unpaired) electrons. The van der Waals surface area contributed by atoms with Crippen LogP contribution in [-0.4, -0.2) is 12.2 Å². The molecule has 0 saturated heterocycles. The number of rotatable bonds is 4. The van der Waals surface area contributed by atoms with Crippen LogP contribution < -0.4 is 4.74 Å². The molecule has 0 saturated carbocycles. The number of aliphatic hydroxyl groups excluding tert-OH is 1. The number of hydrogen-bond acceptors (Lipinski definition) is 3. The third kappa shape index (κ3) is 3.06. The molecule has 2 rings (SSSR count). The molecule has 18 heavy (non-hydrogen) atoms. The first-order chi connectivity index (χ1) is 8.72. The fraction of sp³-hybridized carbons (Fsp3) is 0.200. The highest BCUT2D eigenvalue weighted by Gasteiger charge is 2.02. The lowest BCUT2D eigenvalue weighted by molar-refractivity contribution is 0.281. The minimum atomic E-state index is 0.0932. The number of methoxy groups -OCH3 is 1. The van der Waals surface area contributed by atoms with Crippen molar-refractivity contribution in [1.29, 1.82) is 0 Å². The quantitative estimate of drug-likeness (QED) is 0.910. The van der Waals surface area contributed by atoms with Crippen molar-refractivity contribution in [2.24, 2.45) is 0 Å². The first-order valence-corrected chi connectivity index (χ1v) is 6.57. The van der Waals surface area contributed by atoms with Gasteiger partial charge < -0.3 is 9.84 Å². The summed E-state index contributed by atoms with van der Waals surface area (Å²) in [4.78, 5) is 2.31. The van der Waals surface area contributed by atoms with E-state index in [-0.39, 0.29) is 6.61 Å². The van der Waals surface area contributed by atoms with E-state index in [2.05, 4.69) is 12.1 Å². The molecule has 2 aromatic rings. The minimum Gasteiger partial charge on any atom is -0.497 e. The van der Waals surface area contributed by atoms with E-state index < -0.39 is 0 Å². The van der Waals surface area contributed by atoms with Crippen molar-refractivity contribution in [2.75, 3.05) is 7.11 Å². The van der Waals surface area contributed by atoms with Crippen LogP contribution in [0.3, 0.4) is 0 Å². The Morgan fingerprint density at radius 3 is 2.56 bits per heavy atom. The Bertz CT molecular complexity index is 538. The molecule has 0 aromatic heterocycles. The number of aliphatic hydroxyl groups is 1. The van der Waals surface area contributed by atoms with Crippen molar-refractivity contribution < 1.29 is 9.84 Å². The van der Waals surface area contributed by atoms with Gasteiger partial charge in [-0.15, -0.1) is 0 Å². The zero-order valence-electron chi connectivity index (χ0n) is 10.5. The van der Waals surface area contributed by atoms with E-state index >= 15 is 0 Å². The topological polar surface area (TPSA) is 29.5 Å². The highest BCUT2D eigenvalue weighted by atomic mass is 32.2. The number of aryl methyl sites for hydroxylation is 1. The monoisotopic (exact) mass is 260 g/mol. The highest BCUT2D eigenvalue weighted by molar-refractivity contribution is 7.99. The molecule has 0 unspecified atom stereocenters. The van der Waals surface area contributed by atoms with Crippen LogP contribution in [0.25, 0.3) is 0 Å². The molecule has 2 nitrogen and oxygen atoms in total. The van der Waals surface area contributed by atoms with E-state index in [1.54, 1.807) is 18.9 Å². The van der Waals surface area contributed by atoms with Crippen molar-refractivity contribution in [3.05, 3.63) is 53.6 Å². The second-order valence-electron chi connectivity index (χ2n) is 4.03. The van der Waals surface area contributed by atoms with Gasteiger partial charge in [-0.1, -0.05) is 23.9 Å². The van der Waals surface area contributed by atoms with Crippen molar-refractivity contribution in [3.8, 4) is 5.75 Å². The number of hydrogen-bond donors (Lipinski definition) is 1. The zero-order chi connectivity index (χ0) is 13.0. The predicted molar refractivity (Wildman–Crippen MR) is 74.2 cm³/mol.